The molecule has 2 N–H and O–H groups in total. The van der Waals surface area contributed by atoms with Crippen LogP contribution in [-0.4, -0.2) is 51.0 Å². The van der Waals surface area contributed by atoms with Gasteiger partial charge in [0.05, 0.1) is 13.2 Å². The Morgan fingerprint density at radius 3 is 2.69 bits per heavy atom. The highest BCUT2D eigenvalue weighted by Gasteiger charge is 2.16. The largest absolute Gasteiger partial charge is 0.497 e. The SMILES string of the molecule is COc1cccc(C(CNC(=O)CCNC(=O)c2ccsc2)N(C)C)c1. The van der Waals surface area contributed by atoms with Gasteiger partial charge in [0.25, 0.3) is 5.91 Å². The number of hydrogen-bond donors (Lipinski definition) is 2. The second-order valence-electron chi connectivity index (χ2n) is 6.08. The molecular formula is C19H25N3O3S. The van der Waals surface area contributed by atoms with E-state index in [1.807, 2.05) is 48.6 Å². The number of nitrogens with zero attached hydrogens (tertiary/aromatic N) is 1. The summed E-state index contributed by atoms with van der Waals surface area (Å²) in [5.41, 5.74) is 1.70. The minimum atomic E-state index is -0.151. The maximum atomic E-state index is 12.1. The summed E-state index contributed by atoms with van der Waals surface area (Å²) in [6.45, 7) is 0.795. The number of carbonyl (C=O) groups excluding carboxylic acids is 2. The molecule has 1 aromatic heterocycles. The highest BCUT2D eigenvalue weighted by molar-refractivity contribution is 7.08. The Kier molecular flexibility index (Phi) is 7.62. The normalized spacial score (nSPS) is 11.8. The van der Waals surface area contributed by atoms with E-state index in [1.54, 1.807) is 18.6 Å². The van der Waals surface area contributed by atoms with Crippen LogP contribution in [0.2, 0.25) is 0 Å². The molecule has 140 valence electrons. The van der Waals surface area contributed by atoms with Gasteiger partial charge in [0, 0.05) is 30.5 Å². The van der Waals surface area contributed by atoms with Crippen LogP contribution in [0.1, 0.15) is 28.4 Å². The number of carbonyl (C=O) groups is 2. The van der Waals surface area contributed by atoms with Crippen LogP contribution in [0, 0.1) is 0 Å². The van der Waals surface area contributed by atoms with Crippen molar-refractivity contribution in [2.75, 3.05) is 34.3 Å². The molecule has 1 heterocycles. The van der Waals surface area contributed by atoms with Crippen LogP contribution in [-0.2, 0) is 4.79 Å². The molecule has 1 unspecified atom stereocenters. The molecule has 1 aromatic carbocycles. The molecule has 0 saturated heterocycles. The average Bonchev–Trinajstić information content (AvgIpc) is 3.16. The number of amides is 2. The van der Waals surface area contributed by atoms with Crippen LogP contribution in [0.4, 0.5) is 0 Å². The summed E-state index contributed by atoms with van der Waals surface area (Å²) >= 11 is 1.47. The molecule has 2 aromatic rings. The molecule has 2 amide bonds. The van der Waals surface area contributed by atoms with Crippen molar-refractivity contribution in [3.63, 3.8) is 0 Å². The Labute approximate surface area is 158 Å². The monoisotopic (exact) mass is 375 g/mol. The van der Waals surface area contributed by atoms with Gasteiger partial charge in [-0.25, -0.2) is 0 Å². The number of ether oxygens (including phenoxy) is 1. The quantitative estimate of drug-likeness (QED) is 0.706. The van der Waals surface area contributed by atoms with Crippen LogP contribution in [0.15, 0.2) is 41.1 Å². The number of benzene rings is 1. The lowest BCUT2D eigenvalue weighted by molar-refractivity contribution is -0.121. The smallest absolute Gasteiger partial charge is 0.252 e. The first-order chi connectivity index (χ1) is 12.5. The fourth-order valence-electron chi connectivity index (χ4n) is 2.53. The molecule has 0 radical (unpaired) electrons. The Morgan fingerprint density at radius 1 is 1.23 bits per heavy atom. The maximum absolute atomic E-state index is 12.1. The summed E-state index contributed by atoms with van der Waals surface area (Å²) in [7, 11) is 5.57. The fraction of sp³-hybridized carbons (Fsp3) is 0.368. The van der Waals surface area contributed by atoms with Gasteiger partial charge in [-0.15, -0.1) is 0 Å². The standard InChI is InChI=1S/C19H25N3O3S/c1-22(2)17(14-5-4-6-16(11-14)25-3)12-21-18(23)7-9-20-19(24)15-8-10-26-13-15/h4-6,8,10-11,13,17H,7,9,12H2,1-3H3,(H,20,24)(H,21,23). The molecule has 0 saturated carbocycles. The van der Waals surface area contributed by atoms with Crippen molar-refractivity contribution in [2.45, 2.75) is 12.5 Å². The molecule has 6 nitrogen and oxygen atoms in total. The Bertz CT molecular complexity index is 717. The molecule has 0 aliphatic carbocycles. The Morgan fingerprint density at radius 2 is 2.04 bits per heavy atom. The van der Waals surface area contributed by atoms with E-state index in [4.69, 9.17) is 4.74 Å². The number of hydrogen-bond acceptors (Lipinski definition) is 5. The van der Waals surface area contributed by atoms with Gasteiger partial charge in [-0.05, 0) is 43.2 Å². The number of likely N-dealkylation sites (N-methyl/N-ethyl adjacent to an activating group) is 1. The van der Waals surface area contributed by atoms with E-state index in [9.17, 15) is 9.59 Å². The van der Waals surface area contributed by atoms with Crippen molar-refractivity contribution in [3.8, 4) is 5.75 Å². The summed E-state index contributed by atoms with van der Waals surface area (Å²) in [5, 5.41) is 9.32. The van der Waals surface area contributed by atoms with Crippen molar-refractivity contribution in [1.82, 2.24) is 15.5 Å². The highest BCUT2D eigenvalue weighted by atomic mass is 32.1. The minimum absolute atomic E-state index is 0.0365. The molecule has 0 aliphatic heterocycles. The summed E-state index contributed by atoms with van der Waals surface area (Å²) in [6.07, 6.45) is 0.244. The van der Waals surface area contributed by atoms with E-state index < -0.39 is 0 Å². The maximum Gasteiger partial charge on any atom is 0.252 e. The number of methoxy groups -OCH3 is 1. The zero-order valence-electron chi connectivity index (χ0n) is 15.3. The average molecular weight is 375 g/mol. The van der Waals surface area contributed by atoms with E-state index in [-0.39, 0.29) is 24.3 Å². The Balaban J connectivity index is 1.80. The van der Waals surface area contributed by atoms with Crippen molar-refractivity contribution < 1.29 is 14.3 Å². The van der Waals surface area contributed by atoms with E-state index >= 15 is 0 Å². The van der Waals surface area contributed by atoms with Gasteiger partial charge in [-0.1, -0.05) is 12.1 Å². The van der Waals surface area contributed by atoms with Crippen LogP contribution in [0.25, 0.3) is 0 Å². The lowest BCUT2D eigenvalue weighted by Gasteiger charge is -2.25. The summed E-state index contributed by atoms with van der Waals surface area (Å²) in [6, 6.07) is 9.61. The molecule has 2 rings (SSSR count). The molecule has 0 spiro atoms. The van der Waals surface area contributed by atoms with Gasteiger partial charge in [0.1, 0.15) is 5.75 Å². The van der Waals surface area contributed by atoms with E-state index in [0.717, 1.165) is 11.3 Å². The van der Waals surface area contributed by atoms with Crippen molar-refractivity contribution in [2.24, 2.45) is 0 Å². The van der Waals surface area contributed by atoms with Crippen LogP contribution in [0.3, 0.4) is 0 Å². The zero-order chi connectivity index (χ0) is 18.9. The number of rotatable bonds is 9. The summed E-state index contributed by atoms with van der Waals surface area (Å²) in [4.78, 5) is 26.0. The van der Waals surface area contributed by atoms with Gasteiger partial charge in [0.2, 0.25) is 5.91 Å². The molecule has 0 aliphatic rings. The van der Waals surface area contributed by atoms with Gasteiger partial charge >= 0.3 is 0 Å². The minimum Gasteiger partial charge on any atom is -0.497 e. The predicted octanol–water partition coefficient (Wildman–Crippen LogP) is 2.30. The zero-order valence-corrected chi connectivity index (χ0v) is 16.1. The molecule has 26 heavy (non-hydrogen) atoms. The molecule has 0 bridgehead atoms. The second kappa shape index (κ2) is 9.94. The third-order valence-electron chi connectivity index (χ3n) is 4.02. The Hall–Kier alpha value is -2.38. The topological polar surface area (TPSA) is 70.7 Å². The summed E-state index contributed by atoms with van der Waals surface area (Å²) < 4.78 is 5.27. The van der Waals surface area contributed by atoms with Gasteiger partial charge in [-0.2, -0.15) is 11.3 Å². The van der Waals surface area contributed by atoms with E-state index in [1.165, 1.54) is 11.3 Å². The first kappa shape index (κ1) is 19.9. The lowest BCUT2D eigenvalue weighted by atomic mass is 10.1. The van der Waals surface area contributed by atoms with Crippen molar-refractivity contribution in [1.29, 1.82) is 0 Å². The predicted molar refractivity (Wildman–Crippen MR) is 104 cm³/mol. The number of nitrogens with one attached hydrogen (secondary N) is 2. The molecular weight excluding hydrogens is 350 g/mol. The first-order valence-corrected chi connectivity index (χ1v) is 9.33. The van der Waals surface area contributed by atoms with Crippen molar-refractivity contribution >= 4 is 23.2 Å². The third kappa shape index (κ3) is 5.86. The van der Waals surface area contributed by atoms with Gasteiger partial charge < -0.3 is 20.3 Å². The van der Waals surface area contributed by atoms with Gasteiger partial charge in [0.15, 0.2) is 0 Å². The number of thiophene rings is 1. The molecule has 0 fully saturated rings. The fourth-order valence-corrected chi connectivity index (χ4v) is 3.17. The molecule has 7 heteroatoms. The second-order valence-corrected chi connectivity index (χ2v) is 6.86. The summed E-state index contributed by atoms with van der Waals surface area (Å²) in [5.74, 6) is 0.545. The lowest BCUT2D eigenvalue weighted by Crippen LogP contribution is -2.36. The van der Waals surface area contributed by atoms with Crippen LogP contribution < -0.4 is 15.4 Å². The highest BCUT2D eigenvalue weighted by Crippen LogP contribution is 2.22. The molecule has 1 atom stereocenters. The van der Waals surface area contributed by atoms with Crippen LogP contribution >= 0.6 is 11.3 Å². The first-order valence-electron chi connectivity index (χ1n) is 8.38. The third-order valence-corrected chi connectivity index (χ3v) is 4.70. The van der Waals surface area contributed by atoms with Gasteiger partial charge in [-0.3, -0.25) is 9.59 Å². The van der Waals surface area contributed by atoms with Crippen LogP contribution in [0.5, 0.6) is 5.75 Å². The van der Waals surface area contributed by atoms with Crippen molar-refractivity contribution in [3.05, 3.63) is 52.2 Å². The van der Waals surface area contributed by atoms with E-state index in [2.05, 4.69) is 10.6 Å². The van der Waals surface area contributed by atoms with E-state index in [0.29, 0.717) is 18.7 Å².